The third-order valence-electron chi connectivity index (χ3n) is 3.31. The van der Waals surface area contributed by atoms with Gasteiger partial charge in [-0.1, -0.05) is 71.6 Å². The Balaban J connectivity index is 1.79. The number of rotatable bonds is 8. The highest BCUT2D eigenvalue weighted by Crippen LogP contribution is 2.34. The van der Waals surface area contributed by atoms with Crippen LogP contribution in [-0.4, -0.2) is 0 Å². The maximum atomic E-state index is 2.42. The maximum Gasteiger partial charge on any atom is -0.0414 e. The van der Waals surface area contributed by atoms with E-state index in [1.54, 1.807) is 0 Å². The van der Waals surface area contributed by atoms with Crippen LogP contribution in [0.2, 0.25) is 0 Å². The molecule has 0 heterocycles. The summed E-state index contributed by atoms with van der Waals surface area (Å²) in [7, 11) is 0. The van der Waals surface area contributed by atoms with Gasteiger partial charge in [-0.05, 0) is 11.8 Å². The van der Waals surface area contributed by atoms with Crippen molar-refractivity contribution in [1.29, 1.82) is 0 Å². The molecule has 0 saturated heterocycles. The lowest BCUT2D eigenvalue weighted by molar-refractivity contribution is 0.441. The SMILES string of the molecule is CCCCC(C)CCCCC1CC1. The molecule has 1 atom stereocenters. The highest BCUT2D eigenvalue weighted by atomic mass is 14.3. The highest BCUT2D eigenvalue weighted by Gasteiger charge is 2.19. The van der Waals surface area contributed by atoms with Crippen molar-refractivity contribution in [3.05, 3.63) is 0 Å². The van der Waals surface area contributed by atoms with Crippen molar-refractivity contribution >= 4 is 0 Å². The standard InChI is InChI=1S/C13H26/c1-3-4-7-12(2)8-5-6-9-13-10-11-13/h12-13H,3-11H2,1-2H3. The minimum absolute atomic E-state index is 0.985. The lowest BCUT2D eigenvalue weighted by atomic mass is 9.97. The van der Waals surface area contributed by atoms with Gasteiger partial charge in [0.25, 0.3) is 0 Å². The summed E-state index contributed by atoms with van der Waals surface area (Å²) in [6, 6.07) is 0. The molecule has 78 valence electrons. The van der Waals surface area contributed by atoms with E-state index in [9.17, 15) is 0 Å². The predicted octanol–water partition coefficient (Wildman–Crippen LogP) is 4.78. The number of hydrogen-bond acceptors (Lipinski definition) is 0. The second kappa shape index (κ2) is 6.45. The summed E-state index contributed by atoms with van der Waals surface area (Å²) < 4.78 is 0. The van der Waals surface area contributed by atoms with E-state index in [1.807, 2.05) is 0 Å². The lowest BCUT2D eigenvalue weighted by Crippen LogP contribution is -1.94. The minimum atomic E-state index is 0.985. The molecule has 0 bridgehead atoms. The molecule has 0 heteroatoms. The van der Waals surface area contributed by atoms with Gasteiger partial charge in [-0.15, -0.1) is 0 Å². The van der Waals surface area contributed by atoms with Crippen LogP contribution in [0.15, 0.2) is 0 Å². The van der Waals surface area contributed by atoms with Crippen molar-refractivity contribution in [2.24, 2.45) is 11.8 Å². The van der Waals surface area contributed by atoms with Gasteiger partial charge in [0.1, 0.15) is 0 Å². The van der Waals surface area contributed by atoms with Crippen LogP contribution in [-0.2, 0) is 0 Å². The van der Waals surface area contributed by atoms with Crippen molar-refractivity contribution in [1.82, 2.24) is 0 Å². The van der Waals surface area contributed by atoms with Crippen LogP contribution in [0.4, 0.5) is 0 Å². The van der Waals surface area contributed by atoms with Gasteiger partial charge in [-0.25, -0.2) is 0 Å². The molecule has 1 unspecified atom stereocenters. The Morgan fingerprint density at radius 2 is 1.77 bits per heavy atom. The Labute approximate surface area is 84.1 Å². The van der Waals surface area contributed by atoms with Gasteiger partial charge in [-0.2, -0.15) is 0 Å². The van der Waals surface area contributed by atoms with Gasteiger partial charge in [0.2, 0.25) is 0 Å². The van der Waals surface area contributed by atoms with Crippen LogP contribution in [0, 0.1) is 11.8 Å². The van der Waals surface area contributed by atoms with Crippen LogP contribution >= 0.6 is 0 Å². The maximum absolute atomic E-state index is 2.42. The molecule has 0 N–H and O–H groups in total. The van der Waals surface area contributed by atoms with E-state index in [0.29, 0.717) is 0 Å². The van der Waals surface area contributed by atoms with Crippen LogP contribution in [0.3, 0.4) is 0 Å². The molecule has 1 rings (SSSR count). The molecule has 1 fully saturated rings. The lowest BCUT2D eigenvalue weighted by Gasteiger charge is -2.09. The van der Waals surface area contributed by atoms with E-state index in [1.165, 1.54) is 57.8 Å². The zero-order valence-corrected chi connectivity index (χ0v) is 9.52. The molecule has 13 heavy (non-hydrogen) atoms. The van der Waals surface area contributed by atoms with Crippen LogP contribution in [0.25, 0.3) is 0 Å². The van der Waals surface area contributed by atoms with Gasteiger partial charge < -0.3 is 0 Å². The average Bonchev–Trinajstić information content (AvgIpc) is 2.92. The average molecular weight is 182 g/mol. The van der Waals surface area contributed by atoms with E-state index >= 15 is 0 Å². The van der Waals surface area contributed by atoms with Crippen LogP contribution in [0.1, 0.15) is 71.6 Å². The van der Waals surface area contributed by atoms with Crippen molar-refractivity contribution in [3.63, 3.8) is 0 Å². The summed E-state index contributed by atoms with van der Waals surface area (Å²) in [5.74, 6) is 2.13. The summed E-state index contributed by atoms with van der Waals surface area (Å²) in [4.78, 5) is 0. The fourth-order valence-electron chi connectivity index (χ4n) is 2.03. The van der Waals surface area contributed by atoms with E-state index in [0.717, 1.165) is 11.8 Å². The van der Waals surface area contributed by atoms with Gasteiger partial charge in [0, 0.05) is 0 Å². The molecule has 0 nitrogen and oxygen atoms in total. The van der Waals surface area contributed by atoms with Crippen molar-refractivity contribution in [3.8, 4) is 0 Å². The first-order valence-corrected chi connectivity index (χ1v) is 6.33. The molecule has 0 aliphatic heterocycles. The second-order valence-corrected chi connectivity index (χ2v) is 4.98. The van der Waals surface area contributed by atoms with Crippen molar-refractivity contribution in [2.75, 3.05) is 0 Å². The van der Waals surface area contributed by atoms with E-state index in [4.69, 9.17) is 0 Å². The molecular weight excluding hydrogens is 156 g/mol. The van der Waals surface area contributed by atoms with E-state index in [-0.39, 0.29) is 0 Å². The van der Waals surface area contributed by atoms with Gasteiger partial charge >= 0.3 is 0 Å². The summed E-state index contributed by atoms with van der Waals surface area (Å²) in [6.45, 7) is 4.71. The molecular formula is C13H26. The highest BCUT2D eigenvalue weighted by molar-refractivity contribution is 4.72. The fourth-order valence-corrected chi connectivity index (χ4v) is 2.03. The monoisotopic (exact) mass is 182 g/mol. The Morgan fingerprint density at radius 3 is 2.38 bits per heavy atom. The summed E-state index contributed by atoms with van der Waals surface area (Å²) >= 11 is 0. The normalized spacial score (nSPS) is 18.9. The fraction of sp³-hybridized carbons (Fsp3) is 1.00. The first kappa shape index (κ1) is 11.1. The van der Waals surface area contributed by atoms with E-state index in [2.05, 4.69) is 13.8 Å². The summed E-state index contributed by atoms with van der Waals surface area (Å²) in [5.41, 5.74) is 0. The molecule has 0 aromatic carbocycles. The van der Waals surface area contributed by atoms with Crippen molar-refractivity contribution < 1.29 is 0 Å². The Bertz CT molecular complexity index is 113. The Morgan fingerprint density at radius 1 is 1.08 bits per heavy atom. The molecule has 0 amide bonds. The first-order chi connectivity index (χ1) is 6.33. The minimum Gasteiger partial charge on any atom is -0.0654 e. The Kier molecular flexibility index (Phi) is 5.50. The molecule has 1 aliphatic carbocycles. The third kappa shape index (κ3) is 6.12. The molecule has 0 aromatic heterocycles. The van der Waals surface area contributed by atoms with Gasteiger partial charge in [0.05, 0.1) is 0 Å². The predicted molar refractivity (Wildman–Crippen MR) is 59.9 cm³/mol. The number of unbranched alkanes of at least 4 members (excludes halogenated alkanes) is 2. The van der Waals surface area contributed by atoms with Crippen LogP contribution < -0.4 is 0 Å². The topological polar surface area (TPSA) is 0 Å². The van der Waals surface area contributed by atoms with Gasteiger partial charge in [0.15, 0.2) is 0 Å². The summed E-state index contributed by atoms with van der Waals surface area (Å²) in [5, 5.41) is 0. The Hall–Kier alpha value is 0. The third-order valence-corrected chi connectivity index (χ3v) is 3.31. The molecule has 0 spiro atoms. The van der Waals surface area contributed by atoms with Crippen LogP contribution in [0.5, 0.6) is 0 Å². The second-order valence-electron chi connectivity index (χ2n) is 4.98. The largest absolute Gasteiger partial charge is 0.0654 e. The van der Waals surface area contributed by atoms with E-state index < -0.39 is 0 Å². The van der Waals surface area contributed by atoms with Gasteiger partial charge in [-0.3, -0.25) is 0 Å². The zero-order chi connectivity index (χ0) is 9.52. The molecule has 1 saturated carbocycles. The first-order valence-electron chi connectivity index (χ1n) is 6.33. The number of hydrogen-bond donors (Lipinski definition) is 0. The van der Waals surface area contributed by atoms with Crippen molar-refractivity contribution in [2.45, 2.75) is 71.6 Å². The molecule has 0 radical (unpaired) electrons. The summed E-state index contributed by atoms with van der Waals surface area (Å²) in [6.07, 6.45) is 13.3. The molecule has 1 aliphatic rings. The smallest absolute Gasteiger partial charge is 0.0414 e. The molecule has 0 aromatic rings. The zero-order valence-electron chi connectivity index (χ0n) is 9.52. The quantitative estimate of drug-likeness (QED) is 0.474.